The Balaban J connectivity index is 4.28. The molecule has 2 atom stereocenters. The molecular formula is C10H22O2. The van der Waals surface area contributed by atoms with Gasteiger partial charge in [-0.2, -0.15) is 0 Å². The lowest BCUT2D eigenvalue weighted by molar-refractivity contribution is -0.139. The minimum Gasteiger partial charge on any atom is -0.387 e. The van der Waals surface area contributed by atoms with Crippen molar-refractivity contribution >= 4 is 0 Å². The molecule has 0 aliphatic heterocycles. The maximum absolute atomic E-state index is 9.92. The molecule has 0 aliphatic carbocycles. The second kappa shape index (κ2) is 4.24. The van der Waals surface area contributed by atoms with Crippen molar-refractivity contribution in [3.05, 3.63) is 0 Å². The minimum atomic E-state index is -0.947. The van der Waals surface area contributed by atoms with Crippen LogP contribution in [0.15, 0.2) is 0 Å². The van der Waals surface area contributed by atoms with Gasteiger partial charge in [0, 0.05) is 0 Å². The molecule has 0 spiro atoms. The van der Waals surface area contributed by atoms with Crippen molar-refractivity contribution in [2.24, 2.45) is 0 Å². The Morgan fingerprint density at radius 2 is 1.08 bits per heavy atom. The van der Waals surface area contributed by atoms with Crippen LogP contribution in [0, 0.1) is 0 Å². The predicted octanol–water partition coefficient (Wildman–Crippen LogP) is 2.09. The molecule has 2 heteroatoms. The minimum absolute atomic E-state index is 0.653. The molecule has 2 N–H and O–H groups in total. The number of aliphatic hydroxyl groups is 2. The fourth-order valence-corrected chi connectivity index (χ4v) is 1.51. The maximum Gasteiger partial charge on any atom is 0.0902 e. The average Bonchev–Trinajstić information content (AvgIpc) is 1.86. The van der Waals surface area contributed by atoms with Gasteiger partial charge < -0.3 is 10.2 Å². The summed E-state index contributed by atoms with van der Waals surface area (Å²) in [5.41, 5.74) is -1.89. The van der Waals surface area contributed by atoms with Gasteiger partial charge >= 0.3 is 0 Å². The van der Waals surface area contributed by atoms with E-state index in [1.165, 1.54) is 0 Å². The van der Waals surface area contributed by atoms with Gasteiger partial charge in [0.05, 0.1) is 11.2 Å². The van der Waals surface area contributed by atoms with Crippen molar-refractivity contribution in [3.63, 3.8) is 0 Å². The van der Waals surface area contributed by atoms with Crippen LogP contribution in [0.1, 0.15) is 53.4 Å². The Morgan fingerprint density at radius 1 is 0.833 bits per heavy atom. The van der Waals surface area contributed by atoms with E-state index in [2.05, 4.69) is 0 Å². The normalized spacial score (nSPS) is 21.5. The molecule has 0 saturated heterocycles. The quantitative estimate of drug-likeness (QED) is 0.670. The smallest absolute Gasteiger partial charge is 0.0902 e. The third-order valence-electron chi connectivity index (χ3n) is 2.63. The Bertz CT molecular complexity index is 112. The van der Waals surface area contributed by atoms with E-state index < -0.39 is 11.2 Å². The summed E-state index contributed by atoms with van der Waals surface area (Å²) in [5.74, 6) is 0. The molecular weight excluding hydrogens is 152 g/mol. The lowest BCUT2D eigenvalue weighted by atomic mass is 9.79. The second-order valence-corrected chi connectivity index (χ2v) is 4.05. The molecule has 12 heavy (non-hydrogen) atoms. The van der Waals surface area contributed by atoms with E-state index in [9.17, 15) is 10.2 Å². The monoisotopic (exact) mass is 174 g/mol. The van der Waals surface area contributed by atoms with Crippen LogP contribution in [0.2, 0.25) is 0 Å². The first-order chi connectivity index (χ1) is 5.37. The van der Waals surface area contributed by atoms with Crippen molar-refractivity contribution in [3.8, 4) is 0 Å². The highest BCUT2D eigenvalue weighted by atomic mass is 16.4. The van der Waals surface area contributed by atoms with Crippen molar-refractivity contribution in [1.82, 2.24) is 0 Å². The predicted molar refractivity (Wildman–Crippen MR) is 51.1 cm³/mol. The van der Waals surface area contributed by atoms with Gasteiger partial charge in [0.2, 0.25) is 0 Å². The van der Waals surface area contributed by atoms with Gasteiger partial charge in [0.1, 0.15) is 0 Å². The van der Waals surface area contributed by atoms with Crippen LogP contribution in [0.25, 0.3) is 0 Å². The molecule has 0 amide bonds. The van der Waals surface area contributed by atoms with Crippen molar-refractivity contribution in [2.45, 2.75) is 64.6 Å². The zero-order chi connectivity index (χ0) is 9.83. The SMILES string of the molecule is CCCC(C)(O)C(C)(O)CCC. The molecule has 0 aromatic heterocycles. The molecule has 74 valence electrons. The van der Waals surface area contributed by atoms with E-state index in [4.69, 9.17) is 0 Å². The van der Waals surface area contributed by atoms with Gasteiger partial charge in [-0.1, -0.05) is 26.7 Å². The summed E-state index contributed by atoms with van der Waals surface area (Å²) in [6.45, 7) is 7.45. The molecule has 0 fully saturated rings. The van der Waals surface area contributed by atoms with Crippen LogP contribution in [0.3, 0.4) is 0 Å². The number of hydrogen-bond acceptors (Lipinski definition) is 2. The molecule has 0 aliphatic rings. The Labute approximate surface area is 75.6 Å². The molecule has 0 saturated carbocycles. The van der Waals surface area contributed by atoms with Crippen molar-refractivity contribution in [1.29, 1.82) is 0 Å². The second-order valence-electron chi connectivity index (χ2n) is 4.05. The zero-order valence-corrected chi connectivity index (χ0v) is 8.72. The molecule has 0 aromatic carbocycles. The van der Waals surface area contributed by atoms with Crippen molar-refractivity contribution in [2.75, 3.05) is 0 Å². The van der Waals surface area contributed by atoms with Crippen LogP contribution >= 0.6 is 0 Å². The first-order valence-corrected chi connectivity index (χ1v) is 4.82. The Morgan fingerprint density at radius 3 is 1.25 bits per heavy atom. The van der Waals surface area contributed by atoms with Gasteiger partial charge in [0.25, 0.3) is 0 Å². The van der Waals surface area contributed by atoms with Crippen LogP contribution < -0.4 is 0 Å². The lowest BCUT2D eigenvalue weighted by Crippen LogP contribution is -2.49. The van der Waals surface area contributed by atoms with Crippen LogP contribution in [0.4, 0.5) is 0 Å². The van der Waals surface area contributed by atoms with Gasteiger partial charge in [0.15, 0.2) is 0 Å². The summed E-state index contributed by atoms with van der Waals surface area (Å²) in [7, 11) is 0. The molecule has 0 bridgehead atoms. The largest absolute Gasteiger partial charge is 0.387 e. The molecule has 2 nitrogen and oxygen atoms in total. The first-order valence-electron chi connectivity index (χ1n) is 4.82. The van der Waals surface area contributed by atoms with E-state index in [-0.39, 0.29) is 0 Å². The summed E-state index contributed by atoms with van der Waals surface area (Å²) in [5, 5.41) is 19.8. The molecule has 0 radical (unpaired) electrons. The highest BCUT2D eigenvalue weighted by Crippen LogP contribution is 2.30. The fourth-order valence-electron chi connectivity index (χ4n) is 1.51. The van der Waals surface area contributed by atoms with E-state index in [1.54, 1.807) is 13.8 Å². The summed E-state index contributed by atoms with van der Waals surface area (Å²) < 4.78 is 0. The van der Waals surface area contributed by atoms with Gasteiger partial charge in [-0.3, -0.25) is 0 Å². The summed E-state index contributed by atoms with van der Waals surface area (Å²) >= 11 is 0. The standard InChI is InChI=1S/C10H22O2/c1-5-7-9(3,11)10(4,12)8-6-2/h11-12H,5-8H2,1-4H3. The summed E-state index contributed by atoms with van der Waals surface area (Å²) in [6, 6.07) is 0. The third kappa shape index (κ3) is 2.76. The Kier molecular flexibility index (Phi) is 4.21. The van der Waals surface area contributed by atoms with Gasteiger partial charge in [-0.15, -0.1) is 0 Å². The van der Waals surface area contributed by atoms with Crippen molar-refractivity contribution < 1.29 is 10.2 Å². The van der Waals surface area contributed by atoms with Gasteiger partial charge in [-0.05, 0) is 26.7 Å². The third-order valence-corrected chi connectivity index (χ3v) is 2.63. The zero-order valence-electron chi connectivity index (χ0n) is 8.72. The maximum atomic E-state index is 9.92. The van der Waals surface area contributed by atoms with E-state index >= 15 is 0 Å². The highest BCUT2D eigenvalue weighted by Gasteiger charge is 2.39. The highest BCUT2D eigenvalue weighted by molar-refractivity contribution is 4.92. The van der Waals surface area contributed by atoms with E-state index in [1.807, 2.05) is 13.8 Å². The number of rotatable bonds is 5. The lowest BCUT2D eigenvalue weighted by Gasteiger charge is -2.38. The van der Waals surface area contributed by atoms with Crippen LogP contribution in [-0.4, -0.2) is 21.4 Å². The summed E-state index contributed by atoms with van der Waals surface area (Å²) in [4.78, 5) is 0. The molecule has 0 rings (SSSR count). The molecule has 2 unspecified atom stereocenters. The van der Waals surface area contributed by atoms with E-state index in [0.717, 1.165) is 12.8 Å². The van der Waals surface area contributed by atoms with E-state index in [0.29, 0.717) is 12.8 Å². The molecule has 0 aromatic rings. The first kappa shape index (κ1) is 11.9. The number of hydrogen-bond donors (Lipinski definition) is 2. The topological polar surface area (TPSA) is 40.5 Å². The Hall–Kier alpha value is -0.0800. The van der Waals surface area contributed by atoms with Crippen LogP contribution in [-0.2, 0) is 0 Å². The van der Waals surface area contributed by atoms with Crippen LogP contribution in [0.5, 0.6) is 0 Å². The molecule has 0 heterocycles. The fraction of sp³-hybridized carbons (Fsp3) is 1.00. The van der Waals surface area contributed by atoms with Gasteiger partial charge in [-0.25, -0.2) is 0 Å². The average molecular weight is 174 g/mol. The summed E-state index contributed by atoms with van der Waals surface area (Å²) in [6.07, 6.45) is 3.10.